The molecule has 0 aliphatic carbocycles. The zero-order valence-corrected chi connectivity index (χ0v) is 14.5. The van der Waals surface area contributed by atoms with Gasteiger partial charge in [0.05, 0.1) is 10.6 Å². The van der Waals surface area contributed by atoms with Gasteiger partial charge in [-0.25, -0.2) is 4.79 Å². The molecule has 0 unspecified atom stereocenters. The van der Waals surface area contributed by atoms with Crippen molar-refractivity contribution in [3.63, 3.8) is 0 Å². The van der Waals surface area contributed by atoms with Crippen LogP contribution in [0.5, 0.6) is 0 Å². The number of aromatic nitrogens is 3. The normalized spacial score (nSPS) is 10.6. The van der Waals surface area contributed by atoms with Crippen molar-refractivity contribution < 1.29 is 14.8 Å². The monoisotopic (exact) mass is 367 g/mol. The van der Waals surface area contributed by atoms with Crippen LogP contribution in [0, 0.1) is 10.1 Å². The number of carboxylic acids is 1. The Morgan fingerprint density at radius 1 is 1.15 bits per heavy atom. The highest BCUT2D eigenvalue weighted by molar-refractivity contribution is 5.91. The van der Waals surface area contributed by atoms with E-state index in [0.717, 1.165) is 5.56 Å². The molecule has 9 nitrogen and oxygen atoms in total. The van der Waals surface area contributed by atoms with Gasteiger partial charge in [0.1, 0.15) is 0 Å². The Kier molecular flexibility index (Phi) is 5.11. The van der Waals surface area contributed by atoms with E-state index < -0.39 is 10.9 Å². The van der Waals surface area contributed by atoms with Crippen molar-refractivity contribution in [1.29, 1.82) is 0 Å². The topological polar surface area (TPSA) is 114 Å². The molecule has 0 atom stereocenters. The van der Waals surface area contributed by atoms with Crippen LogP contribution in [0.3, 0.4) is 0 Å². The third-order valence-electron chi connectivity index (χ3n) is 3.99. The number of nitrogens with zero attached hydrogens (tertiary/aromatic N) is 5. The van der Waals surface area contributed by atoms with E-state index in [4.69, 9.17) is 0 Å². The minimum Gasteiger partial charge on any atom is -0.476 e. The lowest BCUT2D eigenvalue weighted by Gasteiger charge is -2.20. The fourth-order valence-corrected chi connectivity index (χ4v) is 2.61. The van der Waals surface area contributed by atoms with Gasteiger partial charge in [0.15, 0.2) is 5.82 Å². The molecule has 0 spiro atoms. The Balaban J connectivity index is 1.97. The SMILES string of the molecule is CCN(Cc1ccccc1)c1nn(-c2ccc([N+](=O)[O-])cc2)nc1C(=O)O. The molecule has 0 radical (unpaired) electrons. The molecule has 3 aromatic rings. The number of non-ortho nitro benzene ring substituents is 1. The molecular formula is C18H17N5O4. The van der Waals surface area contributed by atoms with Crippen molar-refractivity contribution in [2.24, 2.45) is 0 Å². The van der Waals surface area contributed by atoms with Crippen LogP contribution < -0.4 is 4.90 Å². The highest BCUT2D eigenvalue weighted by atomic mass is 16.6. The maximum absolute atomic E-state index is 11.7. The molecule has 1 N–H and O–H groups in total. The lowest BCUT2D eigenvalue weighted by atomic mass is 10.2. The summed E-state index contributed by atoms with van der Waals surface area (Å²) in [4.78, 5) is 24.9. The first-order valence-corrected chi connectivity index (χ1v) is 8.24. The van der Waals surface area contributed by atoms with E-state index in [0.29, 0.717) is 18.8 Å². The lowest BCUT2D eigenvalue weighted by molar-refractivity contribution is -0.384. The van der Waals surface area contributed by atoms with Crippen molar-refractivity contribution in [3.05, 3.63) is 76.0 Å². The number of aromatic carboxylic acids is 1. The Morgan fingerprint density at radius 3 is 2.37 bits per heavy atom. The summed E-state index contributed by atoms with van der Waals surface area (Å²) in [6.07, 6.45) is 0. The first kappa shape index (κ1) is 18.1. The summed E-state index contributed by atoms with van der Waals surface area (Å²) in [5, 5.41) is 28.7. The number of nitro groups is 1. The van der Waals surface area contributed by atoms with Crippen LogP contribution in [-0.2, 0) is 6.54 Å². The smallest absolute Gasteiger partial charge is 0.360 e. The second-order valence-corrected chi connectivity index (χ2v) is 5.74. The highest BCUT2D eigenvalue weighted by Crippen LogP contribution is 2.21. The first-order valence-electron chi connectivity index (χ1n) is 8.24. The van der Waals surface area contributed by atoms with Crippen molar-refractivity contribution >= 4 is 17.5 Å². The Labute approximate surface area is 154 Å². The Bertz CT molecular complexity index is 954. The molecule has 0 bridgehead atoms. The molecule has 9 heteroatoms. The average molecular weight is 367 g/mol. The molecule has 0 aliphatic heterocycles. The molecule has 0 fully saturated rings. The molecule has 2 aromatic carbocycles. The Hall–Kier alpha value is -3.75. The second-order valence-electron chi connectivity index (χ2n) is 5.74. The number of carboxylic acid groups (broad SMARTS) is 1. The fourth-order valence-electron chi connectivity index (χ4n) is 2.61. The van der Waals surface area contributed by atoms with Crippen molar-refractivity contribution in [2.45, 2.75) is 13.5 Å². The zero-order chi connectivity index (χ0) is 19.4. The molecule has 27 heavy (non-hydrogen) atoms. The largest absolute Gasteiger partial charge is 0.476 e. The third-order valence-corrected chi connectivity index (χ3v) is 3.99. The van der Waals surface area contributed by atoms with Gasteiger partial charge in [-0.1, -0.05) is 30.3 Å². The number of nitro benzene ring substituents is 1. The van der Waals surface area contributed by atoms with E-state index in [9.17, 15) is 20.0 Å². The van der Waals surface area contributed by atoms with Crippen LogP contribution in [0.25, 0.3) is 5.69 Å². The van der Waals surface area contributed by atoms with Crippen molar-refractivity contribution in [3.8, 4) is 5.69 Å². The van der Waals surface area contributed by atoms with E-state index in [1.54, 1.807) is 0 Å². The number of hydrogen-bond acceptors (Lipinski definition) is 6. The number of anilines is 1. The predicted octanol–water partition coefficient (Wildman–Crippen LogP) is 2.90. The minimum absolute atomic E-state index is 0.0659. The van der Waals surface area contributed by atoms with Crippen molar-refractivity contribution in [2.75, 3.05) is 11.4 Å². The fraction of sp³-hybridized carbons (Fsp3) is 0.167. The third kappa shape index (κ3) is 3.92. The lowest BCUT2D eigenvalue weighted by Crippen LogP contribution is -2.24. The number of rotatable bonds is 7. The van der Waals surface area contributed by atoms with Crippen LogP contribution in [-0.4, -0.2) is 37.5 Å². The van der Waals surface area contributed by atoms with E-state index >= 15 is 0 Å². The summed E-state index contributed by atoms with van der Waals surface area (Å²) >= 11 is 0. The molecule has 3 rings (SSSR count). The predicted molar refractivity (Wildman–Crippen MR) is 98.1 cm³/mol. The van der Waals surface area contributed by atoms with Gasteiger partial charge >= 0.3 is 5.97 Å². The van der Waals surface area contributed by atoms with Gasteiger partial charge in [0.2, 0.25) is 5.69 Å². The standard InChI is InChI=1S/C18H17N5O4/c1-2-21(12-13-6-4-3-5-7-13)17-16(18(24)25)19-22(20-17)14-8-10-15(11-9-14)23(26)27/h3-11H,2,12H2,1H3,(H,24,25). The maximum atomic E-state index is 11.7. The van der Waals surface area contributed by atoms with E-state index in [-0.39, 0.29) is 17.2 Å². The van der Waals surface area contributed by atoms with Gasteiger partial charge in [0, 0.05) is 25.2 Å². The van der Waals surface area contributed by atoms with E-state index in [2.05, 4.69) is 10.2 Å². The van der Waals surface area contributed by atoms with Gasteiger partial charge < -0.3 is 10.0 Å². The first-order chi connectivity index (χ1) is 13.0. The number of hydrogen-bond donors (Lipinski definition) is 1. The average Bonchev–Trinajstić information content (AvgIpc) is 3.12. The van der Waals surface area contributed by atoms with Gasteiger partial charge in [-0.2, -0.15) is 0 Å². The van der Waals surface area contributed by atoms with Gasteiger partial charge in [-0.15, -0.1) is 15.0 Å². The quantitative estimate of drug-likeness (QED) is 0.504. The molecule has 138 valence electrons. The minimum atomic E-state index is -1.19. The molecule has 0 amide bonds. The molecular weight excluding hydrogens is 350 g/mol. The molecule has 1 heterocycles. The highest BCUT2D eigenvalue weighted by Gasteiger charge is 2.23. The van der Waals surface area contributed by atoms with Crippen LogP contribution in [0.4, 0.5) is 11.5 Å². The van der Waals surface area contributed by atoms with Gasteiger partial charge in [0.25, 0.3) is 5.69 Å². The molecule has 1 aromatic heterocycles. The summed E-state index contributed by atoms with van der Waals surface area (Å²) in [5.74, 6) is -0.947. The summed E-state index contributed by atoms with van der Waals surface area (Å²) in [6, 6.07) is 15.2. The summed E-state index contributed by atoms with van der Waals surface area (Å²) < 4.78 is 0. The van der Waals surface area contributed by atoms with Gasteiger partial charge in [-0.3, -0.25) is 10.1 Å². The van der Waals surface area contributed by atoms with Crippen LogP contribution in [0.1, 0.15) is 23.0 Å². The maximum Gasteiger partial charge on any atom is 0.360 e. The summed E-state index contributed by atoms with van der Waals surface area (Å²) in [5.41, 5.74) is 1.21. The second kappa shape index (κ2) is 7.65. The Morgan fingerprint density at radius 2 is 1.81 bits per heavy atom. The summed E-state index contributed by atoms with van der Waals surface area (Å²) in [7, 11) is 0. The molecule has 0 aliphatic rings. The van der Waals surface area contributed by atoms with Crippen LogP contribution in [0.15, 0.2) is 54.6 Å². The molecule has 0 saturated carbocycles. The van der Waals surface area contributed by atoms with Crippen molar-refractivity contribution in [1.82, 2.24) is 15.0 Å². The number of carbonyl (C=O) groups is 1. The van der Waals surface area contributed by atoms with Crippen LogP contribution in [0.2, 0.25) is 0 Å². The van der Waals surface area contributed by atoms with E-state index in [1.165, 1.54) is 29.1 Å². The van der Waals surface area contributed by atoms with E-state index in [1.807, 2.05) is 42.2 Å². The zero-order valence-electron chi connectivity index (χ0n) is 14.5. The molecule has 0 saturated heterocycles. The van der Waals surface area contributed by atoms with Gasteiger partial charge in [-0.05, 0) is 24.6 Å². The summed E-state index contributed by atoms with van der Waals surface area (Å²) in [6.45, 7) is 2.92. The van der Waals surface area contributed by atoms with Crippen LogP contribution >= 0.6 is 0 Å². The number of benzene rings is 2.